The molecule has 0 radical (unpaired) electrons. The molecule has 0 saturated heterocycles. The van der Waals surface area contributed by atoms with Crippen molar-refractivity contribution in [1.29, 1.82) is 0 Å². The summed E-state index contributed by atoms with van der Waals surface area (Å²) in [7, 11) is 0. The lowest BCUT2D eigenvalue weighted by molar-refractivity contribution is 0.0540. The third-order valence-electron chi connectivity index (χ3n) is 2.16. The van der Waals surface area contributed by atoms with E-state index in [1.165, 1.54) is 0 Å². The fourth-order valence-electron chi connectivity index (χ4n) is 1.41. The number of carbonyl (C=O) groups excluding carboxylic acids is 1. The van der Waals surface area contributed by atoms with Crippen LogP contribution in [0.3, 0.4) is 0 Å². The summed E-state index contributed by atoms with van der Waals surface area (Å²) in [5, 5.41) is 2.83. The van der Waals surface area contributed by atoms with Crippen molar-refractivity contribution >= 4 is 44.6 Å². The van der Waals surface area contributed by atoms with E-state index in [2.05, 4.69) is 49.9 Å². The number of ether oxygens (including phenoxy) is 1. The number of nitrogens with one attached hydrogen (secondary N) is 1. The van der Waals surface area contributed by atoms with E-state index in [-0.39, 0.29) is 6.09 Å². The minimum Gasteiger partial charge on any atom is -0.444 e. The molecule has 0 heterocycles. The van der Waals surface area contributed by atoms with Gasteiger partial charge in [-0.05, 0) is 33.3 Å². The van der Waals surface area contributed by atoms with Gasteiger partial charge in [0.05, 0.1) is 0 Å². The third-order valence-corrected chi connectivity index (χ3v) is 3.78. The second-order valence-corrected chi connectivity index (χ2v) is 6.70. The summed E-state index contributed by atoms with van der Waals surface area (Å²) in [5.41, 5.74) is 0.453. The molecule has 1 N–H and O–H groups in total. The zero-order valence-electron chi connectivity index (χ0n) is 10.2. The molecule has 0 aromatic carbocycles. The molecule has 96 valence electrons. The minimum atomic E-state index is -0.466. The summed E-state index contributed by atoms with van der Waals surface area (Å²) in [6.45, 7) is 5.56. The maximum atomic E-state index is 11.7. The number of amides is 1. The van der Waals surface area contributed by atoms with E-state index in [4.69, 9.17) is 4.74 Å². The van der Waals surface area contributed by atoms with Crippen LogP contribution in [-0.2, 0) is 4.74 Å². The summed E-state index contributed by atoms with van der Waals surface area (Å²) in [6.07, 6.45) is 4.60. The van der Waals surface area contributed by atoms with Gasteiger partial charge in [-0.2, -0.15) is 0 Å². The summed E-state index contributed by atoms with van der Waals surface area (Å²) in [4.78, 5) is 11.7. The van der Waals surface area contributed by atoms with Crippen molar-refractivity contribution in [2.24, 2.45) is 5.92 Å². The highest BCUT2D eigenvalue weighted by Crippen LogP contribution is 2.26. The first kappa shape index (κ1) is 15.0. The zero-order chi connectivity index (χ0) is 13.1. The smallest absolute Gasteiger partial charge is 0.411 e. The Hall–Kier alpha value is -0.0400. The number of allylic oxidation sites excluding steroid dienone is 4. The number of alkyl carbamates (subject to hydrolysis) is 1. The van der Waals surface area contributed by atoms with Gasteiger partial charge in [-0.15, -0.1) is 0 Å². The Kier molecular flexibility index (Phi) is 5.50. The van der Waals surface area contributed by atoms with Gasteiger partial charge >= 0.3 is 6.09 Å². The van der Waals surface area contributed by atoms with E-state index in [9.17, 15) is 4.79 Å². The average molecular weight is 414 g/mol. The van der Waals surface area contributed by atoms with Crippen molar-refractivity contribution in [3.8, 4) is 0 Å². The van der Waals surface area contributed by atoms with E-state index in [0.717, 1.165) is 21.0 Å². The highest BCUT2D eigenvalue weighted by atomic mass is 127. The summed E-state index contributed by atoms with van der Waals surface area (Å²) in [5.74, 6) is 0.351. The molecular weight excluding hydrogens is 397 g/mol. The van der Waals surface area contributed by atoms with E-state index in [0.29, 0.717) is 5.92 Å². The predicted octanol–water partition coefficient (Wildman–Crippen LogP) is 4.13. The number of carbonyl (C=O) groups is 1. The normalized spacial score (nSPS) is 20.4. The van der Waals surface area contributed by atoms with Gasteiger partial charge in [0.2, 0.25) is 0 Å². The Morgan fingerprint density at radius 3 is 2.82 bits per heavy atom. The fraction of sp³-hybridized carbons (Fsp3) is 0.583. The van der Waals surface area contributed by atoms with Gasteiger partial charge in [0.25, 0.3) is 0 Å². The first-order valence-corrected chi connectivity index (χ1v) is 7.77. The molecular formula is C12H17BrINO2. The molecule has 1 amide bonds. The van der Waals surface area contributed by atoms with Crippen LogP contribution in [0.1, 0.15) is 27.2 Å². The fourth-order valence-corrected chi connectivity index (χ4v) is 2.68. The Morgan fingerprint density at radius 1 is 1.65 bits per heavy atom. The van der Waals surface area contributed by atoms with Crippen molar-refractivity contribution < 1.29 is 9.53 Å². The Morgan fingerprint density at radius 2 is 2.29 bits per heavy atom. The molecule has 0 aromatic rings. The lowest BCUT2D eigenvalue weighted by atomic mass is 9.99. The van der Waals surface area contributed by atoms with E-state index in [1.807, 2.05) is 26.8 Å². The lowest BCUT2D eigenvalue weighted by Crippen LogP contribution is -2.34. The first-order chi connectivity index (χ1) is 7.81. The van der Waals surface area contributed by atoms with Crippen LogP contribution < -0.4 is 5.32 Å². The van der Waals surface area contributed by atoms with Gasteiger partial charge in [-0.25, -0.2) is 4.79 Å². The quantitative estimate of drug-likeness (QED) is 0.546. The van der Waals surface area contributed by atoms with Crippen LogP contribution in [0.15, 0.2) is 22.3 Å². The van der Waals surface area contributed by atoms with Crippen molar-refractivity contribution in [3.05, 3.63) is 22.3 Å². The molecule has 0 aliphatic heterocycles. The Balaban J connectivity index is 2.65. The molecule has 0 aromatic heterocycles. The Labute approximate surface area is 124 Å². The first-order valence-electron chi connectivity index (χ1n) is 5.45. The van der Waals surface area contributed by atoms with E-state index in [1.54, 1.807) is 0 Å². The van der Waals surface area contributed by atoms with Gasteiger partial charge < -0.3 is 4.74 Å². The van der Waals surface area contributed by atoms with Gasteiger partial charge in [-0.3, -0.25) is 5.32 Å². The molecule has 1 aliphatic rings. The SMILES string of the molecule is CC(C)(C)OC(=O)NC1=CC(Br)=CCC1CI. The van der Waals surface area contributed by atoms with Crippen molar-refractivity contribution in [3.63, 3.8) is 0 Å². The van der Waals surface area contributed by atoms with Crippen LogP contribution in [0.2, 0.25) is 0 Å². The minimum absolute atomic E-state index is 0.351. The molecule has 17 heavy (non-hydrogen) atoms. The second kappa shape index (κ2) is 6.22. The maximum absolute atomic E-state index is 11.7. The summed E-state index contributed by atoms with van der Waals surface area (Å²) < 4.78 is 7.21. The van der Waals surface area contributed by atoms with Crippen LogP contribution >= 0.6 is 38.5 Å². The summed E-state index contributed by atoms with van der Waals surface area (Å²) in [6, 6.07) is 0. The standard InChI is InChI=1S/C12H17BrINO2/c1-12(2,3)17-11(16)15-10-6-9(13)5-4-8(10)7-14/h5-6,8H,4,7H2,1-3H3,(H,15,16). The van der Waals surface area contributed by atoms with E-state index >= 15 is 0 Å². The summed E-state index contributed by atoms with van der Waals surface area (Å²) >= 11 is 5.75. The molecule has 0 fully saturated rings. The van der Waals surface area contributed by atoms with Gasteiger partial charge in [-0.1, -0.05) is 44.6 Å². The topological polar surface area (TPSA) is 38.3 Å². The zero-order valence-corrected chi connectivity index (χ0v) is 14.0. The molecule has 0 saturated carbocycles. The monoisotopic (exact) mass is 413 g/mol. The largest absolute Gasteiger partial charge is 0.444 e. The average Bonchev–Trinajstić information content (AvgIpc) is 2.14. The predicted molar refractivity (Wildman–Crippen MR) is 81.5 cm³/mol. The van der Waals surface area contributed by atoms with Crippen molar-refractivity contribution in [1.82, 2.24) is 5.32 Å². The lowest BCUT2D eigenvalue weighted by Gasteiger charge is -2.24. The van der Waals surface area contributed by atoms with E-state index < -0.39 is 5.60 Å². The van der Waals surface area contributed by atoms with Crippen LogP contribution in [0.4, 0.5) is 4.79 Å². The highest BCUT2D eigenvalue weighted by molar-refractivity contribution is 14.1. The molecule has 1 atom stereocenters. The highest BCUT2D eigenvalue weighted by Gasteiger charge is 2.21. The maximum Gasteiger partial charge on any atom is 0.411 e. The van der Waals surface area contributed by atoms with Crippen LogP contribution in [0, 0.1) is 5.92 Å². The van der Waals surface area contributed by atoms with Crippen molar-refractivity contribution in [2.75, 3.05) is 4.43 Å². The van der Waals surface area contributed by atoms with Gasteiger partial charge in [0.15, 0.2) is 0 Å². The molecule has 3 nitrogen and oxygen atoms in total. The molecule has 1 unspecified atom stereocenters. The number of hydrogen-bond donors (Lipinski definition) is 1. The molecule has 1 rings (SSSR count). The molecule has 0 spiro atoms. The second-order valence-electron chi connectivity index (χ2n) is 4.90. The third kappa shape index (κ3) is 5.42. The van der Waals surface area contributed by atoms with Crippen molar-refractivity contribution in [2.45, 2.75) is 32.8 Å². The molecule has 1 aliphatic carbocycles. The number of rotatable bonds is 2. The van der Waals surface area contributed by atoms with Gasteiger partial charge in [0.1, 0.15) is 5.60 Å². The number of hydrogen-bond acceptors (Lipinski definition) is 2. The molecule has 5 heteroatoms. The number of alkyl halides is 1. The van der Waals surface area contributed by atoms with Crippen LogP contribution in [0.5, 0.6) is 0 Å². The number of halogens is 2. The Bertz CT molecular complexity index is 358. The van der Waals surface area contributed by atoms with Gasteiger partial charge in [0, 0.05) is 20.5 Å². The molecule has 0 bridgehead atoms. The van der Waals surface area contributed by atoms with Crippen LogP contribution in [-0.4, -0.2) is 16.1 Å². The van der Waals surface area contributed by atoms with Crippen LogP contribution in [0.25, 0.3) is 0 Å².